The number of ether oxygens (including phenoxy) is 1. The van der Waals surface area contributed by atoms with E-state index in [1.54, 1.807) is 6.07 Å². The van der Waals surface area contributed by atoms with Gasteiger partial charge in [-0.3, -0.25) is 0 Å². The first-order valence-corrected chi connectivity index (χ1v) is 8.23. The lowest BCUT2D eigenvalue weighted by Crippen LogP contribution is -2.28. The highest BCUT2D eigenvalue weighted by molar-refractivity contribution is 6.30. The van der Waals surface area contributed by atoms with Gasteiger partial charge in [0, 0.05) is 5.02 Å². The van der Waals surface area contributed by atoms with Crippen molar-refractivity contribution in [1.29, 1.82) is 0 Å². The van der Waals surface area contributed by atoms with Gasteiger partial charge in [-0.15, -0.1) is 0 Å². The molecule has 1 aliphatic heterocycles. The van der Waals surface area contributed by atoms with Crippen molar-refractivity contribution in [1.82, 2.24) is 4.90 Å². The molecule has 0 saturated carbocycles. The largest absolute Gasteiger partial charge is 0.361 e. The quantitative estimate of drug-likeness (QED) is 0.793. The van der Waals surface area contributed by atoms with Crippen LogP contribution in [-0.2, 0) is 16.9 Å². The van der Waals surface area contributed by atoms with E-state index in [-0.39, 0.29) is 5.82 Å². The first kappa shape index (κ1) is 16.4. The normalized spacial score (nSPS) is 20.0. The van der Waals surface area contributed by atoms with Crippen molar-refractivity contribution in [2.45, 2.75) is 25.0 Å². The molecule has 122 valence electrons. The highest BCUT2D eigenvalue weighted by Crippen LogP contribution is 2.45. The highest BCUT2D eigenvalue weighted by Gasteiger charge is 2.41. The fourth-order valence-corrected chi connectivity index (χ4v) is 3.43. The maximum Gasteiger partial charge on any atom is 0.123 e. The number of halogens is 2. The van der Waals surface area contributed by atoms with Gasteiger partial charge in [0.05, 0.1) is 6.61 Å². The van der Waals surface area contributed by atoms with Crippen molar-refractivity contribution in [2.75, 3.05) is 20.6 Å². The van der Waals surface area contributed by atoms with E-state index in [2.05, 4.69) is 19.0 Å². The summed E-state index contributed by atoms with van der Waals surface area (Å²) in [7, 11) is 4.13. The van der Waals surface area contributed by atoms with Gasteiger partial charge in [-0.1, -0.05) is 29.8 Å². The molecule has 2 aromatic carbocycles. The molecule has 3 rings (SSSR count). The molecule has 0 saturated heterocycles. The van der Waals surface area contributed by atoms with Crippen LogP contribution in [0.4, 0.5) is 4.39 Å². The molecule has 4 heteroatoms. The third kappa shape index (κ3) is 3.27. The summed E-state index contributed by atoms with van der Waals surface area (Å²) in [5.41, 5.74) is 2.57. The van der Waals surface area contributed by atoms with Crippen LogP contribution in [0, 0.1) is 5.82 Å². The molecule has 23 heavy (non-hydrogen) atoms. The van der Waals surface area contributed by atoms with Crippen LogP contribution in [-0.4, -0.2) is 25.5 Å². The van der Waals surface area contributed by atoms with E-state index in [1.807, 2.05) is 30.3 Å². The van der Waals surface area contributed by atoms with Gasteiger partial charge in [-0.2, -0.15) is 0 Å². The Morgan fingerprint density at radius 3 is 2.61 bits per heavy atom. The molecule has 0 fully saturated rings. The maximum atomic E-state index is 13.5. The SMILES string of the molecule is CN(C)CCCC1(c2ccc(Cl)cc2)OCc2cc(F)ccc21. The number of hydrogen-bond donors (Lipinski definition) is 0. The Morgan fingerprint density at radius 2 is 1.91 bits per heavy atom. The Hall–Kier alpha value is -1.42. The van der Waals surface area contributed by atoms with E-state index in [9.17, 15) is 4.39 Å². The average Bonchev–Trinajstić information content (AvgIpc) is 2.87. The van der Waals surface area contributed by atoms with Crippen LogP contribution in [0.15, 0.2) is 42.5 Å². The fraction of sp³-hybridized carbons (Fsp3) is 0.368. The predicted molar refractivity (Wildman–Crippen MR) is 91.2 cm³/mol. The monoisotopic (exact) mass is 333 g/mol. The summed E-state index contributed by atoms with van der Waals surface area (Å²) in [6, 6.07) is 12.8. The first-order valence-electron chi connectivity index (χ1n) is 7.85. The van der Waals surface area contributed by atoms with E-state index < -0.39 is 5.60 Å². The molecule has 1 unspecified atom stereocenters. The molecule has 0 bridgehead atoms. The Balaban J connectivity index is 2.00. The van der Waals surface area contributed by atoms with Gasteiger partial charge >= 0.3 is 0 Å². The van der Waals surface area contributed by atoms with E-state index in [0.29, 0.717) is 11.6 Å². The smallest absolute Gasteiger partial charge is 0.123 e. The lowest BCUT2D eigenvalue weighted by Gasteiger charge is -2.31. The van der Waals surface area contributed by atoms with Crippen molar-refractivity contribution in [2.24, 2.45) is 0 Å². The molecule has 2 aromatic rings. The molecule has 0 N–H and O–H groups in total. The third-order valence-electron chi connectivity index (χ3n) is 4.42. The molecular formula is C19H21ClFNO. The van der Waals surface area contributed by atoms with Crippen LogP contribution in [0.1, 0.15) is 29.5 Å². The van der Waals surface area contributed by atoms with Gasteiger partial charge in [0.1, 0.15) is 11.4 Å². The van der Waals surface area contributed by atoms with Gasteiger partial charge < -0.3 is 9.64 Å². The van der Waals surface area contributed by atoms with Crippen molar-refractivity contribution < 1.29 is 9.13 Å². The summed E-state index contributed by atoms with van der Waals surface area (Å²) >= 11 is 6.03. The van der Waals surface area contributed by atoms with E-state index >= 15 is 0 Å². The highest BCUT2D eigenvalue weighted by atomic mass is 35.5. The molecule has 2 nitrogen and oxygen atoms in total. The van der Waals surface area contributed by atoms with Crippen LogP contribution in [0.25, 0.3) is 0 Å². The third-order valence-corrected chi connectivity index (χ3v) is 4.67. The number of hydrogen-bond acceptors (Lipinski definition) is 2. The van der Waals surface area contributed by atoms with E-state index in [0.717, 1.165) is 36.1 Å². The second-order valence-electron chi connectivity index (χ2n) is 6.33. The van der Waals surface area contributed by atoms with Crippen LogP contribution in [0.5, 0.6) is 0 Å². The fourth-order valence-electron chi connectivity index (χ4n) is 3.31. The molecule has 1 atom stereocenters. The Labute approximate surface area is 141 Å². The van der Waals surface area contributed by atoms with Gasteiger partial charge in [0.15, 0.2) is 0 Å². The minimum absolute atomic E-state index is 0.215. The predicted octanol–water partition coefficient (Wildman–Crippen LogP) is 4.59. The Bertz CT molecular complexity index is 686. The molecule has 0 aliphatic carbocycles. The van der Waals surface area contributed by atoms with Crippen LogP contribution >= 0.6 is 11.6 Å². The van der Waals surface area contributed by atoms with Gasteiger partial charge in [-0.05, 0) is 74.4 Å². The first-order chi connectivity index (χ1) is 11.0. The molecule has 1 aliphatic rings. The lowest BCUT2D eigenvalue weighted by molar-refractivity contribution is -0.0139. The minimum atomic E-state index is -0.510. The Kier molecular flexibility index (Phi) is 4.72. The summed E-state index contributed by atoms with van der Waals surface area (Å²) in [6.45, 7) is 1.42. The zero-order valence-electron chi connectivity index (χ0n) is 13.5. The van der Waals surface area contributed by atoms with Crippen molar-refractivity contribution >= 4 is 11.6 Å². The lowest BCUT2D eigenvalue weighted by atomic mass is 9.82. The summed E-state index contributed by atoms with van der Waals surface area (Å²) < 4.78 is 19.8. The molecule has 0 aromatic heterocycles. The summed E-state index contributed by atoms with van der Waals surface area (Å²) in [5, 5.41) is 0.703. The maximum absolute atomic E-state index is 13.5. The number of nitrogens with zero attached hydrogens (tertiary/aromatic N) is 1. The minimum Gasteiger partial charge on any atom is -0.361 e. The summed E-state index contributed by atoms with van der Waals surface area (Å²) in [4.78, 5) is 2.16. The standard InChI is InChI=1S/C19H21ClFNO/c1-22(2)11-3-10-19(15-4-6-16(20)7-5-15)18-9-8-17(21)12-14(18)13-23-19/h4-9,12H,3,10-11,13H2,1-2H3. The van der Waals surface area contributed by atoms with E-state index in [4.69, 9.17) is 16.3 Å². The molecule has 0 spiro atoms. The second-order valence-corrected chi connectivity index (χ2v) is 6.77. The average molecular weight is 334 g/mol. The Morgan fingerprint density at radius 1 is 1.17 bits per heavy atom. The molecule has 0 radical (unpaired) electrons. The van der Waals surface area contributed by atoms with Gasteiger partial charge in [0.25, 0.3) is 0 Å². The summed E-state index contributed by atoms with van der Waals surface area (Å²) in [5.74, 6) is -0.215. The zero-order valence-corrected chi connectivity index (χ0v) is 14.2. The van der Waals surface area contributed by atoms with Gasteiger partial charge in [-0.25, -0.2) is 4.39 Å². The topological polar surface area (TPSA) is 12.5 Å². The number of benzene rings is 2. The zero-order chi connectivity index (χ0) is 16.4. The van der Waals surface area contributed by atoms with Crippen LogP contribution in [0.3, 0.4) is 0 Å². The molecular weight excluding hydrogens is 313 g/mol. The van der Waals surface area contributed by atoms with Gasteiger partial charge in [0.2, 0.25) is 0 Å². The van der Waals surface area contributed by atoms with E-state index in [1.165, 1.54) is 6.07 Å². The van der Waals surface area contributed by atoms with Crippen LogP contribution < -0.4 is 0 Å². The molecule has 0 amide bonds. The summed E-state index contributed by atoms with van der Waals surface area (Å²) in [6.07, 6.45) is 1.85. The van der Waals surface area contributed by atoms with Crippen molar-refractivity contribution in [3.63, 3.8) is 0 Å². The van der Waals surface area contributed by atoms with Crippen molar-refractivity contribution in [3.05, 3.63) is 70.0 Å². The molecule has 1 heterocycles. The second kappa shape index (κ2) is 6.60. The van der Waals surface area contributed by atoms with Crippen LogP contribution in [0.2, 0.25) is 5.02 Å². The number of fused-ring (bicyclic) bond motifs is 1. The number of rotatable bonds is 5. The van der Waals surface area contributed by atoms with Crippen molar-refractivity contribution in [3.8, 4) is 0 Å².